The Morgan fingerprint density at radius 2 is 1.69 bits per heavy atom. The lowest BCUT2D eigenvalue weighted by Crippen LogP contribution is -2.50. The number of hydrogen-bond donors (Lipinski definition) is 10. The molecule has 13 atom stereocenters. The molecule has 0 aromatic heterocycles. The van der Waals surface area contributed by atoms with Gasteiger partial charge in [0.1, 0.15) is 11.3 Å². The number of ketones is 1. The predicted molar refractivity (Wildman–Crippen MR) is 229 cm³/mol. The number of guanidine groups is 1. The summed E-state index contributed by atoms with van der Waals surface area (Å²) in [5.41, 5.74) is 6.20. The van der Waals surface area contributed by atoms with Gasteiger partial charge < -0.3 is 51.7 Å². The van der Waals surface area contributed by atoms with Crippen molar-refractivity contribution in [2.24, 2.45) is 40.7 Å². The second kappa shape index (κ2) is 21.8. The number of nitrogens with zero attached hydrogens (tertiary/aromatic N) is 1. The van der Waals surface area contributed by atoms with Crippen molar-refractivity contribution < 1.29 is 45.3 Å². The van der Waals surface area contributed by atoms with Crippen LogP contribution in [0.3, 0.4) is 0 Å². The van der Waals surface area contributed by atoms with Crippen LogP contribution < -0.4 is 11.1 Å². The summed E-state index contributed by atoms with van der Waals surface area (Å²) in [5.74, 6) is -2.23. The third kappa shape index (κ3) is 12.3. The van der Waals surface area contributed by atoms with E-state index in [0.717, 1.165) is 37.8 Å². The summed E-state index contributed by atoms with van der Waals surface area (Å²) in [6, 6.07) is 0.0588. The fourth-order valence-corrected chi connectivity index (χ4v) is 9.89. The van der Waals surface area contributed by atoms with Crippen LogP contribution in [0, 0.1) is 40.4 Å². The topological polar surface area (TPSA) is 241 Å². The van der Waals surface area contributed by atoms with Crippen LogP contribution in [-0.2, 0) is 9.59 Å². The lowest BCUT2D eigenvalue weighted by atomic mass is 9.52. The van der Waals surface area contributed by atoms with Gasteiger partial charge in [-0.05, 0) is 101 Å². The number of carbonyl (C=O) groups excluding carboxylic acids is 2. The van der Waals surface area contributed by atoms with Crippen molar-refractivity contribution >= 4 is 17.6 Å². The Morgan fingerprint density at radius 3 is 2.37 bits per heavy atom. The minimum absolute atomic E-state index is 0.0315. The van der Waals surface area contributed by atoms with E-state index in [1.54, 1.807) is 36.5 Å². The van der Waals surface area contributed by atoms with Gasteiger partial charge in [0, 0.05) is 29.8 Å². The molecule has 2 aliphatic heterocycles. The van der Waals surface area contributed by atoms with Gasteiger partial charge in [-0.2, -0.15) is 0 Å². The van der Waals surface area contributed by atoms with E-state index in [9.17, 15) is 45.3 Å². The molecule has 2 heterocycles. The Kier molecular flexibility index (Phi) is 17.8. The first kappa shape index (κ1) is 48.1. The second-order valence-electron chi connectivity index (χ2n) is 17.9. The Labute approximate surface area is 350 Å². The van der Waals surface area contributed by atoms with Gasteiger partial charge in [-0.15, -0.1) is 0 Å². The number of aliphatic hydroxyl groups is 7. The van der Waals surface area contributed by atoms with Crippen LogP contribution >= 0.6 is 0 Å². The SMILES string of the molecule is CC1=C[C@@H]2[C@H](O)CCC[C@@H]2[C@](C)(C(O)=C2C(=O)CNC2=O)[C@@H]1CC[C@H](C)[C@H](O)/C(C)=C/C[C@H](O)/C=C/[C@H](C)[C@H](O)/C=C/C[C@H](O)/C=C/C[C@H](O)C[C@H]1CCCN1C(=N)N. The van der Waals surface area contributed by atoms with E-state index < -0.39 is 53.7 Å². The van der Waals surface area contributed by atoms with Crippen LogP contribution in [0.2, 0.25) is 0 Å². The Hall–Kier alpha value is -3.59. The van der Waals surface area contributed by atoms with Gasteiger partial charge in [0.25, 0.3) is 5.91 Å². The highest BCUT2D eigenvalue weighted by Crippen LogP contribution is 2.58. The number of aliphatic hydroxyl groups excluding tert-OH is 7. The normalized spacial score (nSPS) is 31.2. The van der Waals surface area contributed by atoms with Crippen LogP contribution in [0.25, 0.3) is 0 Å². The van der Waals surface area contributed by atoms with E-state index in [1.807, 2.05) is 45.6 Å². The second-order valence-corrected chi connectivity index (χ2v) is 17.9. The monoisotopic (exact) mass is 825 g/mol. The Bertz CT molecular complexity index is 1640. The van der Waals surface area contributed by atoms with Gasteiger partial charge in [-0.3, -0.25) is 15.0 Å². The first-order valence-corrected chi connectivity index (χ1v) is 21.7. The van der Waals surface area contributed by atoms with Crippen LogP contribution in [0.15, 0.2) is 71.1 Å². The number of likely N-dealkylation sites (tertiary alicyclic amines) is 1. The first-order valence-electron chi connectivity index (χ1n) is 21.7. The van der Waals surface area contributed by atoms with Gasteiger partial charge in [-0.1, -0.05) is 81.4 Å². The van der Waals surface area contributed by atoms with Gasteiger partial charge in [-0.25, -0.2) is 0 Å². The van der Waals surface area contributed by atoms with Crippen LogP contribution in [0.1, 0.15) is 105 Å². The molecule has 11 N–H and O–H groups in total. The largest absolute Gasteiger partial charge is 0.511 e. The summed E-state index contributed by atoms with van der Waals surface area (Å²) >= 11 is 0. The molecule has 1 saturated carbocycles. The van der Waals surface area contributed by atoms with Crippen molar-refractivity contribution in [1.29, 1.82) is 5.41 Å². The molecule has 2 saturated heterocycles. The zero-order valence-corrected chi connectivity index (χ0v) is 35.7. The average molecular weight is 825 g/mol. The minimum atomic E-state index is -0.953. The summed E-state index contributed by atoms with van der Waals surface area (Å²) in [6.07, 6.45) is 16.2. The van der Waals surface area contributed by atoms with Gasteiger partial charge in [0.05, 0.1) is 43.2 Å². The zero-order valence-electron chi connectivity index (χ0n) is 35.7. The molecule has 0 unspecified atom stereocenters. The average Bonchev–Trinajstić information content (AvgIpc) is 3.80. The van der Waals surface area contributed by atoms with E-state index in [4.69, 9.17) is 11.1 Å². The number of hydrogen-bond acceptors (Lipinski definition) is 10. The van der Waals surface area contributed by atoms with Crippen LogP contribution in [0.4, 0.5) is 0 Å². The fraction of sp³-hybridized carbons (Fsp3) is 0.674. The van der Waals surface area contributed by atoms with Gasteiger partial charge >= 0.3 is 0 Å². The molecule has 13 nitrogen and oxygen atoms in total. The number of Topliss-reactive ketones (excluding diaryl/α,β-unsaturated/α-hetero) is 1. The minimum Gasteiger partial charge on any atom is -0.511 e. The van der Waals surface area contributed by atoms with Crippen molar-refractivity contribution in [1.82, 2.24) is 10.2 Å². The zero-order chi connectivity index (χ0) is 43.6. The lowest BCUT2D eigenvalue weighted by Gasteiger charge is -2.53. The van der Waals surface area contributed by atoms with E-state index in [1.165, 1.54) is 0 Å². The third-order valence-corrected chi connectivity index (χ3v) is 13.6. The van der Waals surface area contributed by atoms with Crippen LogP contribution in [0.5, 0.6) is 0 Å². The Morgan fingerprint density at radius 1 is 1.00 bits per heavy atom. The number of rotatable bonds is 19. The van der Waals surface area contributed by atoms with Crippen LogP contribution in [-0.4, -0.2) is 114 Å². The maximum Gasteiger partial charge on any atom is 0.258 e. The van der Waals surface area contributed by atoms with Crippen molar-refractivity contribution in [3.05, 3.63) is 71.1 Å². The summed E-state index contributed by atoms with van der Waals surface area (Å²) < 4.78 is 0. The molecule has 330 valence electrons. The molecule has 3 fully saturated rings. The maximum atomic E-state index is 12.8. The molecule has 0 aromatic rings. The predicted octanol–water partition coefficient (Wildman–Crippen LogP) is 4.25. The smallest absolute Gasteiger partial charge is 0.258 e. The molecule has 0 spiro atoms. The number of carbonyl (C=O) groups is 2. The molecule has 0 bridgehead atoms. The van der Waals surface area contributed by atoms with Crippen molar-refractivity contribution in [3.8, 4) is 0 Å². The van der Waals surface area contributed by atoms with Gasteiger partial charge in [0.15, 0.2) is 11.7 Å². The maximum absolute atomic E-state index is 12.8. The van der Waals surface area contributed by atoms with E-state index in [2.05, 4.69) is 11.4 Å². The first-order chi connectivity index (χ1) is 27.9. The van der Waals surface area contributed by atoms with E-state index in [-0.39, 0.29) is 72.3 Å². The summed E-state index contributed by atoms with van der Waals surface area (Å²) in [6.45, 7) is 10.1. The number of allylic oxidation sites excluding steroid dienone is 2. The van der Waals surface area contributed by atoms with Crippen molar-refractivity contribution in [2.45, 2.75) is 148 Å². The molecule has 1 amide bonds. The Balaban J connectivity index is 1.25. The molecule has 4 rings (SSSR count). The third-order valence-electron chi connectivity index (χ3n) is 13.6. The highest BCUT2D eigenvalue weighted by Gasteiger charge is 2.55. The molecule has 0 aromatic carbocycles. The van der Waals surface area contributed by atoms with E-state index in [0.29, 0.717) is 37.7 Å². The highest BCUT2D eigenvalue weighted by molar-refractivity contribution is 6.25. The van der Waals surface area contributed by atoms with Gasteiger partial charge in [0.2, 0.25) is 0 Å². The molecule has 0 radical (unpaired) electrons. The molecule has 2 aliphatic carbocycles. The molecule has 59 heavy (non-hydrogen) atoms. The summed E-state index contributed by atoms with van der Waals surface area (Å²) in [7, 11) is 0. The van der Waals surface area contributed by atoms with E-state index >= 15 is 0 Å². The van der Waals surface area contributed by atoms with Crippen molar-refractivity contribution in [3.63, 3.8) is 0 Å². The molecular formula is C46H72N4O9. The lowest BCUT2D eigenvalue weighted by molar-refractivity contribution is -0.118. The molecule has 13 heteroatoms. The number of nitrogens with one attached hydrogen (secondary N) is 2. The summed E-state index contributed by atoms with van der Waals surface area (Å²) in [5, 5.41) is 86.3. The van der Waals surface area contributed by atoms with Crippen molar-refractivity contribution in [2.75, 3.05) is 13.1 Å². The fourth-order valence-electron chi connectivity index (χ4n) is 9.89. The summed E-state index contributed by atoms with van der Waals surface area (Å²) in [4.78, 5) is 27.3. The molecule has 4 aliphatic rings. The number of nitrogens with two attached hydrogens (primary N) is 1. The highest BCUT2D eigenvalue weighted by atomic mass is 16.3. The standard InChI is InChI=1S/C46H72N4O9/c1-27(38(54)15-7-12-32(51)11-6-13-34(53)25-31-10-9-23-50(31)45(47)48)17-20-33(52)21-18-28(2)42(57)29(3)19-22-36-30(4)24-35-37(14-8-16-39(35)55)46(36,5)43(58)41-40(56)26-49-44(41)59/h6-7,11,15,17-18,20,24,27,29,31-39,42,51-55,57-58H,8-10,12-14,16,19,21-23,25-26H2,1-5H3,(H3,47,48)(H,49,59)/b11-6+,15-7+,20-17+,28-18+,43-41?/t27-,29-,31+,32+,33+,34-,35-,36+,37-,38+,39+,42+,46+/m0/s1. The quantitative estimate of drug-likeness (QED) is 0.0221. The number of amides is 1. The number of fused-ring (bicyclic) bond motifs is 1. The molecular weight excluding hydrogens is 753 g/mol.